The van der Waals surface area contributed by atoms with Crippen LogP contribution < -0.4 is 4.90 Å². The minimum atomic E-state index is -0.178. The number of thiophene rings is 1. The third kappa shape index (κ3) is 2.29. The minimum absolute atomic E-state index is 0.178. The van der Waals surface area contributed by atoms with Crippen LogP contribution in [0.1, 0.15) is 11.1 Å². The molecule has 0 saturated heterocycles. The second-order valence-corrected chi connectivity index (χ2v) is 8.05. The summed E-state index contributed by atoms with van der Waals surface area (Å²) in [5, 5.41) is 1.26. The maximum Gasteiger partial charge on any atom is 0.125 e. The molecule has 26 heavy (non-hydrogen) atoms. The third-order valence-electron chi connectivity index (χ3n) is 5.33. The molecular weight excluding hydrogens is 343 g/mol. The number of para-hydroxylation sites is 1. The minimum Gasteiger partial charge on any atom is -0.374 e. The first-order valence-electron chi connectivity index (χ1n) is 8.82. The molecule has 2 nitrogen and oxygen atoms in total. The molecule has 0 saturated carbocycles. The summed E-state index contributed by atoms with van der Waals surface area (Å²) >= 11 is 1.81. The zero-order valence-corrected chi connectivity index (χ0v) is 15.6. The molecule has 5 rings (SSSR count). The van der Waals surface area contributed by atoms with Crippen LogP contribution in [0.25, 0.3) is 31.8 Å². The average molecular weight is 362 g/mol. The van der Waals surface area contributed by atoms with Crippen LogP contribution in [-0.2, 0) is 6.42 Å². The first-order chi connectivity index (χ1) is 12.6. The van der Waals surface area contributed by atoms with E-state index < -0.39 is 0 Å². The lowest BCUT2D eigenvalue weighted by atomic mass is 10.1. The van der Waals surface area contributed by atoms with Gasteiger partial charge in [0.25, 0.3) is 0 Å². The average Bonchev–Trinajstić information content (AvgIpc) is 3.21. The molecule has 1 aliphatic rings. The normalized spacial score (nSPS) is 13.6. The van der Waals surface area contributed by atoms with Crippen LogP contribution in [0, 0.1) is 12.7 Å². The van der Waals surface area contributed by atoms with Crippen LogP contribution in [0.4, 0.5) is 10.1 Å². The van der Waals surface area contributed by atoms with Crippen molar-refractivity contribution in [2.24, 2.45) is 0 Å². The van der Waals surface area contributed by atoms with Crippen LogP contribution in [0.5, 0.6) is 0 Å². The van der Waals surface area contributed by atoms with E-state index in [4.69, 9.17) is 0 Å². The van der Waals surface area contributed by atoms with Crippen molar-refractivity contribution in [1.29, 1.82) is 0 Å². The van der Waals surface area contributed by atoms with Crippen molar-refractivity contribution >= 4 is 27.9 Å². The standard InChI is InChI=1S/C22H19FN2S/c1-13-4-3-5-16-18(12-24-21(13)16)20-10-14-8-9-25(2)19-11-15(23)6-7-17(19)22(14)26-20/h3-7,10-12,24H,8-9H2,1-2H3. The van der Waals surface area contributed by atoms with E-state index in [0.717, 1.165) is 24.2 Å². The highest BCUT2D eigenvalue weighted by atomic mass is 32.1. The van der Waals surface area contributed by atoms with Crippen LogP contribution >= 0.6 is 11.3 Å². The van der Waals surface area contributed by atoms with Gasteiger partial charge in [0.05, 0.1) is 0 Å². The van der Waals surface area contributed by atoms with Crippen molar-refractivity contribution < 1.29 is 4.39 Å². The molecule has 0 bridgehead atoms. The van der Waals surface area contributed by atoms with Gasteiger partial charge in [-0.05, 0) is 48.7 Å². The van der Waals surface area contributed by atoms with Gasteiger partial charge in [0.1, 0.15) is 5.82 Å². The number of likely N-dealkylation sites (N-methyl/N-ethyl adjacent to an activating group) is 1. The molecule has 0 amide bonds. The van der Waals surface area contributed by atoms with Gasteiger partial charge >= 0.3 is 0 Å². The number of anilines is 1. The fourth-order valence-electron chi connectivity index (χ4n) is 3.91. The number of aryl methyl sites for hydroxylation is 1. The van der Waals surface area contributed by atoms with Crippen LogP contribution in [0.2, 0.25) is 0 Å². The lowest BCUT2D eigenvalue weighted by molar-refractivity contribution is 0.627. The molecule has 0 aliphatic carbocycles. The number of fused-ring (bicyclic) bond motifs is 4. The van der Waals surface area contributed by atoms with E-state index in [1.165, 1.54) is 37.3 Å². The maximum atomic E-state index is 13.8. The first-order valence-corrected chi connectivity index (χ1v) is 9.64. The Kier molecular flexibility index (Phi) is 3.44. The number of aromatic amines is 1. The van der Waals surface area contributed by atoms with Gasteiger partial charge < -0.3 is 9.88 Å². The Morgan fingerprint density at radius 1 is 1.12 bits per heavy atom. The van der Waals surface area contributed by atoms with Gasteiger partial charge in [-0.25, -0.2) is 4.39 Å². The summed E-state index contributed by atoms with van der Waals surface area (Å²) in [6, 6.07) is 13.9. The molecule has 130 valence electrons. The molecule has 0 atom stereocenters. The number of nitrogens with zero attached hydrogens (tertiary/aromatic N) is 1. The number of hydrogen-bond donors (Lipinski definition) is 1. The molecule has 4 heteroatoms. The number of H-pyrrole nitrogens is 1. The Balaban J connectivity index is 1.71. The summed E-state index contributed by atoms with van der Waals surface area (Å²) in [5.74, 6) is -0.178. The largest absolute Gasteiger partial charge is 0.374 e. The molecule has 0 spiro atoms. The van der Waals surface area contributed by atoms with Gasteiger partial charge in [0, 0.05) is 57.3 Å². The van der Waals surface area contributed by atoms with E-state index >= 15 is 0 Å². The Labute approximate surface area is 155 Å². The van der Waals surface area contributed by atoms with Gasteiger partial charge in [0.2, 0.25) is 0 Å². The molecular formula is C22H19FN2S. The highest BCUT2D eigenvalue weighted by Crippen LogP contribution is 2.45. The first kappa shape index (κ1) is 15.6. The highest BCUT2D eigenvalue weighted by Gasteiger charge is 2.22. The molecule has 2 aromatic heterocycles. The summed E-state index contributed by atoms with van der Waals surface area (Å²) in [6.07, 6.45) is 3.08. The predicted molar refractivity (Wildman–Crippen MR) is 109 cm³/mol. The van der Waals surface area contributed by atoms with Crippen molar-refractivity contribution in [1.82, 2.24) is 4.98 Å². The lowest BCUT2D eigenvalue weighted by Gasteiger charge is -2.19. The number of benzene rings is 2. The van der Waals surface area contributed by atoms with E-state index in [0.29, 0.717) is 0 Å². The summed E-state index contributed by atoms with van der Waals surface area (Å²) in [6.45, 7) is 3.03. The molecule has 0 unspecified atom stereocenters. The van der Waals surface area contributed by atoms with E-state index in [1.807, 2.05) is 24.5 Å². The lowest BCUT2D eigenvalue weighted by Crippen LogP contribution is -2.19. The van der Waals surface area contributed by atoms with Crippen molar-refractivity contribution in [2.45, 2.75) is 13.3 Å². The van der Waals surface area contributed by atoms with Crippen LogP contribution in [0.3, 0.4) is 0 Å². The summed E-state index contributed by atoms with van der Waals surface area (Å²) in [5.41, 5.74) is 7.17. The summed E-state index contributed by atoms with van der Waals surface area (Å²) < 4.78 is 13.8. The Bertz CT molecular complexity index is 1140. The number of nitrogens with one attached hydrogen (secondary N) is 1. The number of hydrogen-bond acceptors (Lipinski definition) is 2. The van der Waals surface area contributed by atoms with Crippen molar-refractivity contribution in [3.8, 4) is 20.9 Å². The molecule has 0 fully saturated rings. The molecule has 0 radical (unpaired) electrons. The van der Waals surface area contributed by atoms with Crippen molar-refractivity contribution in [3.63, 3.8) is 0 Å². The Morgan fingerprint density at radius 2 is 2.00 bits per heavy atom. The van der Waals surface area contributed by atoms with Crippen molar-refractivity contribution in [3.05, 3.63) is 65.6 Å². The fourth-order valence-corrected chi connectivity index (χ4v) is 5.18. The SMILES string of the molecule is Cc1cccc2c(-c3cc4c(s3)-c3ccc(F)cc3N(C)CC4)c[nH]c12. The quantitative estimate of drug-likeness (QED) is 0.440. The molecule has 4 aromatic rings. The van der Waals surface area contributed by atoms with E-state index in [2.05, 4.69) is 47.3 Å². The van der Waals surface area contributed by atoms with Crippen molar-refractivity contribution in [2.75, 3.05) is 18.5 Å². The van der Waals surface area contributed by atoms with Gasteiger partial charge in [-0.2, -0.15) is 0 Å². The monoisotopic (exact) mass is 362 g/mol. The molecule has 1 aliphatic heterocycles. The zero-order valence-electron chi connectivity index (χ0n) is 14.8. The van der Waals surface area contributed by atoms with Crippen LogP contribution in [0.15, 0.2) is 48.7 Å². The Morgan fingerprint density at radius 3 is 2.88 bits per heavy atom. The zero-order chi connectivity index (χ0) is 17.8. The predicted octanol–water partition coefficient (Wildman–Crippen LogP) is 6.00. The van der Waals surface area contributed by atoms with Gasteiger partial charge in [-0.3, -0.25) is 0 Å². The van der Waals surface area contributed by atoms with E-state index in [9.17, 15) is 4.39 Å². The highest BCUT2D eigenvalue weighted by molar-refractivity contribution is 7.19. The summed E-state index contributed by atoms with van der Waals surface area (Å²) in [4.78, 5) is 8.12. The number of aromatic nitrogens is 1. The Hall–Kier alpha value is -2.59. The van der Waals surface area contributed by atoms with Crippen LogP contribution in [-0.4, -0.2) is 18.6 Å². The molecule has 2 aromatic carbocycles. The second-order valence-electron chi connectivity index (χ2n) is 7.00. The fraction of sp³-hybridized carbons (Fsp3) is 0.182. The molecule has 3 heterocycles. The third-order valence-corrected chi connectivity index (χ3v) is 6.57. The maximum absolute atomic E-state index is 13.8. The smallest absolute Gasteiger partial charge is 0.125 e. The van der Waals surface area contributed by atoms with E-state index in [-0.39, 0.29) is 5.82 Å². The van der Waals surface area contributed by atoms with Gasteiger partial charge in [0.15, 0.2) is 0 Å². The molecule has 1 N–H and O–H groups in total. The topological polar surface area (TPSA) is 19.0 Å². The number of rotatable bonds is 1. The number of halogens is 1. The second kappa shape index (κ2) is 5.71. The van der Waals surface area contributed by atoms with E-state index in [1.54, 1.807) is 12.1 Å². The van der Waals surface area contributed by atoms with Gasteiger partial charge in [-0.15, -0.1) is 11.3 Å². The summed E-state index contributed by atoms with van der Waals surface area (Å²) in [7, 11) is 2.04. The van der Waals surface area contributed by atoms with Gasteiger partial charge in [-0.1, -0.05) is 18.2 Å².